The lowest BCUT2D eigenvalue weighted by Gasteiger charge is -2.30. The van der Waals surface area contributed by atoms with Gasteiger partial charge in [0.2, 0.25) is 0 Å². The zero-order chi connectivity index (χ0) is 15.0. The van der Waals surface area contributed by atoms with Crippen LogP contribution in [-0.2, 0) is 0 Å². The maximum Gasteiger partial charge on any atom is 0.455 e. The number of rotatable bonds is 3. The minimum Gasteiger partial charge on any atom is -0.308 e. The van der Waals surface area contributed by atoms with Gasteiger partial charge in [-0.05, 0) is 43.7 Å². The first-order chi connectivity index (χ1) is 8.52. The molecule has 1 aromatic carbocycles. The van der Waals surface area contributed by atoms with Crippen LogP contribution in [0.1, 0.15) is 22.7 Å². The largest absolute Gasteiger partial charge is 0.455 e. The second-order valence-electron chi connectivity index (χ2n) is 4.30. The van der Waals surface area contributed by atoms with E-state index in [-0.39, 0.29) is 5.56 Å². The molecule has 0 aromatic heterocycles. The summed E-state index contributed by atoms with van der Waals surface area (Å²) in [6.45, 7) is 3.13. The highest BCUT2D eigenvalue weighted by Gasteiger charge is 2.62. The quantitative estimate of drug-likeness (QED) is 0.794. The summed E-state index contributed by atoms with van der Waals surface area (Å²) in [5, 5.41) is 2.07. The SMILES string of the molecule is CNC(c1cc(C)c(Br)cc1C)C(F)(F)C(F)(F)F. The Balaban J connectivity index is 3.37. The lowest BCUT2D eigenvalue weighted by atomic mass is 9.94. The zero-order valence-corrected chi connectivity index (χ0v) is 12.1. The summed E-state index contributed by atoms with van der Waals surface area (Å²) in [7, 11) is 1.08. The molecule has 0 spiro atoms. The van der Waals surface area contributed by atoms with Crippen molar-refractivity contribution >= 4 is 15.9 Å². The van der Waals surface area contributed by atoms with Crippen LogP contribution < -0.4 is 5.32 Å². The Labute approximate surface area is 116 Å². The molecule has 1 atom stereocenters. The Morgan fingerprint density at radius 2 is 1.58 bits per heavy atom. The van der Waals surface area contributed by atoms with Crippen molar-refractivity contribution in [1.29, 1.82) is 0 Å². The van der Waals surface area contributed by atoms with Crippen molar-refractivity contribution in [3.8, 4) is 0 Å². The van der Waals surface area contributed by atoms with E-state index in [1.807, 2.05) is 0 Å². The van der Waals surface area contributed by atoms with Crippen molar-refractivity contribution in [3.05, 3.63) is 33.3 Å². The van der Waals surface area contributed by atoms with E-state index in [2.05, 4.69) is 21.2 Å². The van der Waals surface area contributed by atoms with Gasteiger partial charge in [0.05, 0.1) is 0 Å². The van der Waals surface area contributed by atoms with Gasteiger partial charge in [0.1, 0.15) is 6.04 Å². The molecule has 0 bridgehead atoms. The van der Waals surface area contributed by atoms with Crippen molar-refractivity contribution in [2.75, 3.05) is 7.05 Å². The van der Waals surface area contributed by atoms with Crippen molar-refractivity contribution in [1.82, 2.24) is 5.32 Å². The third kappa shape index (κ3) is 3.08. The van der Waals surface area contributed by atoms with E-state index >= 15 is 0 Å². The van der Waals surface area contributed by atoms with E-state index in [1.54, 1.807) is 6.92 Å². The van der Waals surface area contributed by atoms with E-state index in [9.17, 15) is 22.0 Å². The summed E-state index contributed by atoms with van der Waals surface area (Å²) in [4.78, 5) is 0. The molecule has 0 heterocycles. The van der Waals surface area contributed by atoms with Gasteiger partial charge in [0, 0.05) is 4.47 Å². The topological polar surface area (TPSA) is 12.0 Å². The van der Waals surface area contributed by atoms with Gasteiger partial charge in [-0.3, -0.25) is 0 Å². The fraction of sp³-hybridized carbons (Fsp3) is 0.500. The molecule has 1 N–H and O–H groups in total. The van der Waals surface area contributed by atoms with Crippen molar-refractivity contribution in [3.63, 3.8) is 0 Å². The monoisotopic (exact) mass is 345 g/mol. The predicted molar refractivity (Wildman–Crippen MR) is 66.4 cm³/mol. The first-order valence-corrected chi connectivity index (χ1v) is 6.20. The smallest absolute Gasteiger partial charge is 0.308 e. The molecule has 0 aliphatic heterocycles. The molecule has 0 fully saturated rings. The van der Waals surface area contributed by atoms with Gasteiger partial charge in [-0.25, -0.2) is 0 Å². The van der Waals surface area contributed by atoms with E-state index in [1.165, 1.54) is 19.1 Å². The molecule has 7 heteroatoms. The summed E-state index contributed by atoms with van der Waals surface area (Å²) in [6, 6.07) is 0.751. The highest BCUT2D eigenvalue weighted by Crippen LogP contribution is 2.45. The van der Waals surface area contributed by atoms with Crippen LogP contribution in [0.2, 0.25) is 0 Å². The second-order valence-corrected chi connectivity index (χ2v) is 5.15. The van der Waals surface area contributed by atoms with Gasteiger partial charge in [-0.2, -0.15) is 22.0 Å². The maximum atomic E-state index is 13.5. The molecule has 0 saturated heterocycles. The molecule has 1 unspecified atom stereocenters. The first kappa shape index (κ1) is 16.4. The van der Waals surface area contributed by atoms with Crippen LogP contribution in [0.3, 0.4) is 0 Å². The number of hydrogen-bond donors (Lipinski definition) is 1. The molecule has 1 aromatic rings. The van der Waals surface area contributed by atoms with Crippen molar-refractivity contribution < 1.29 is 22.0 Å². The standard InChI is InChI=1S/C12H13BrF5N/c1-6-5-9(13)7(2)4-8(6)10(19-3)11(14,15)12(16,17)18/h4-5,10,19H,1-3H3. The predicted octanol–water partition coefficient (Wildman–Crippen LogP) is 4.52. The average Bonchev–Trinajstić information content (AvgIpc) is 2.24. The Morgan fingerprint density at radius 3 is 2.00 bits per heavy atom. The molecule has 0 radical (unpaired) electrons. The summed E-state index contributed by atoms with van der Waals surface area (Å²) in [5.41, 5.74) is 0.894. The molecule has 19 heavy (non-hydrogen) atoms. The average molecular weight is 346 g/mol. The Hall–Kier alpha value is -0.690. The number of hydrogen-bond acceptors (Lipinski definition) is 1. The molecule has 1 rings (SSSR count). The van der Waals surface area contributed by atoms with Crippen LogP contribution in [0, 0.1) is 13.8 Å². The maximum absolute atomic E-state index is 13.5. The molecular formula is C12H13BrF5N. The normalized spacial score (nSPS) is 14.6. The lowest BCUT2D eigenvalue weighted by molar-refractivity contribution is -0.294. The zero-order valence-electron chi connectivity index (χ0n) is 10.5. The van der Waals surface area contributed by atoms with Crippen LogP contribution >= 0.6 is 15.9 Å². The highest BCUT2D eigenvalue weighted by atomic mass is 79.9. The fourth-order valence-electron chi connectivity index (χ4n) is 1.81. The third-order valence-electron chi connectivity index (χ3n) is 2.89. The van der Waals surface area contributed by atoms with Crippen LogP contribution in [0.5, 0.6) is 0 Å². The van der Waals surface area contributed by atoms with Crippen molar-refractivity contribution in [2.45, 2.75) is 32.0 Å². The Kier molecular flexibility index (Phi) is 4.62. The Bertz CT molecular complexity index is 470. The van der Waals surface area contributed by atoms with Gasteiger partial charge in [0.15, 0.2) is 0 Å². The molecule has 0 amide bonds. The number of alkyl halides is 5. The molecule has 1 nitrogen and oxygen atoms in total. The van der Waals surface area contributed by atoms with E-state index in [0.29, 0.717) is 15.6 Å². The van der Waals surface area contributed by atoms with Gasteiger partial charge in [-0.1, -0.05) is 22.0 Å². The molecule has 0 saturated carbocycles. The van der Waals surface area contributed by atoms with E-state index in [0.717, 1.165) is 7.05 Å². The molecule has 108 valence electrons. The molecule has 0 aliphatic rings. The minimum absolute atomic E-state index is 0.0643. The van der Waals surface area contributed by atoms with E-state index in [4.69, 9.17) is 0 Å². The van der Waals surface area contributed by atoms with Gasteiger partial charge >= 0.3 is 12.1 Å². The lowest BCUT2D eigenvalue weighted by Crippen LogP contribution is -2.47. The van der Waals surface area contributed by atoms with Crippen LogP contribution in [0.15, 0.2) is 16.6 Å². The van der Waals surface area contributed by atoms with Crippen LogP contribution in [-0.4, -0.2) is 19.1 Å². The van der Waals surface area contributed by atoms with Gasteiger partial charge < -0.3 is 5.32 Å². The first-order valence-electron chi connectivity index (χ1n) is 5.40. The third-order valence-corrected chi connectivity index (χ3v) is 3.74. The number of nitrogens with one attached hydrogen (secondary N) is 1. The van der Waals surface area contributed by atoms with Gasteiger partial charge in [-0.15, -0.1) is 0 Å². The van der Waals surface area contributed by atoms with E-state index < -0.39 is 18.1 Å². The summed E-state index contributed by atoms with van der Waals surface area (Å²) >= 11 is 3.21. The summed E-state index contributed by atoms with van der Waals surface area (Å²) in [5.74, 6) is -4.84. The molecular weight excluding hydrogens is 333 g/mol. The molecule has 0 aliphatic carbocycles. The fourth-order valence-corrected chi connectivity index (χ4v) is 2.27. The van der Waals surface area contributed by atoms with Crippen LogP contribution in [0.4, 0.5) is 22.0 Å². The second kappa shape index (κ2) is 5.36. The minimum atomic E-state index is -5.60. The van der Waals surface area contributed by atoms with Gasteiger partial charge in [0.25, 0.3) is 0 Å². The highest BCUT2D eigenvalue weighted by molar-refractivity contribution is 9.10. The number of benzene rings is 1. The summed E-state index contributed by atoms with van der Waals surface area (Å²) < 4.78 is 65.1. The summed E-state index contributed by atoms with van der Waals surface area (Å²) in [6.07, 6.45) is -5.60. The number of aryl methyl sites for hydroxylation is 2. The Morgan fingerprint density at radius 1 is 1.05 bits per heavy atom. The van der Waals surface area contributed by atoms with Crippen molar-refractivity contribution in [2.24, 2.45) is 0 Å². The van der Waals surface area contributed by atoms with Crippen LogP contribution in [0.25, 0.3) is 0 Å². The number of halogens is 6.